The minimum Gasteiger partial charge on any atom is -0.251 e. The predicted octanol–water partition coefficient (Wildman–Crippen LogP) is 4.98. The predicted molar refractivity (Wildman–Crippen MR) is 57.4 cm³/mol. The van der Waals surface area contributed by atoms with E-state index in [1.54, 1.807) is 0 Å². The standard InChI is InChI=1S/C6H14.C3H8.C2H5F/c1-3-5-6-4-2;1-3-2;1-2-3/h3-6H2,1-2H3;3H2,1-2H3;2H2,1H3. The molecule has 0 unspecified atom stereocenters. The summed E-state index contributed by atoms with van der Waals surface area (Å²) >= 11 is 0. The highest BCUT2D eigenvalue weighted by molar-refractivity contribution is 4.31. The Labute approximate surface area is 78.6 Å². The lowest BCUT2D eigenvalue weighted by Gasteiger charge is -1.86. The van der Waals surface area contributed by atoms with E-state index in [9.17, 15) is 4.39 Å². The Morgan fingerprint density at radius 1 is 0.750 bits per heavy atom. The van der Waals surface area contributed by atoms with E-state index in [4.69, 9.17) is 0 Å². The van der Waals surface area contributed by atoms with Crippen LogP contribution in [-0.2, 0) is 0 Å². The zero-order chi connectivity index (χ0) is 10.2. The van der Waals surface area contributed by atoms with E-state index < -0.39 is 0 Å². The molecule has 0 fully saturated rings. The van der Waals surface area contributed by atoms with E-state index in [0.717, 1.165) is 0 Å². The molecule has 0 nitrogen and oxygen atoms in total. The van der Waals surface area contributed by atoms with Crippen molar-refractivity contribution in [3.05, 3.63) is 0 Å². The lowest BCUT2D eigenvalue weighted by Crippen LogP contribution is -1.66. The molecule has 0 aromatic heterocycles. The monoisotopic (exact) mass is 178 g/mol. The maximum Gasteiger partial charge on any atom is 0.0866 e. The molecule has 0 aromatic carbocycles. The minimum atomic E-state index is -0.250. The first-order valence-corrected chi connectivity index (χ1v) is 5.30. The molecular formula is C11H27F. The van der Waals surface area contributed by atoms with Gasteiger partial charge in [-0.1, -0.05) is 59.8 Å². The second-order valence-corrected chi connectivity index (χ2v) is 2.68. The molecular weight excluding hydrogens is 151 g/mol. The normalized spacial score (nSPS) is 7.50. The first-order chi connectivity index (χ1) is 5.74. The highest BCUT2D eigenvalue weighted by Gasteiger charge is 1.75. The van der Waals surface area contributed by atoms with Crippen molar-refractivity contribution in [3.63, 3.8) is 0 Å². The number of hydrogen-bond donors (Lipinski definition) is 0. The topological polar surface area (TPSA) is 0 Å². The van der Waals surface area contributed by atoms with Gasteiger partial charge in [0.2, 0.25) is 0 Å². The SMILES string of the molecule is CCC.CCCCCC.CCF. The van der Waals surface area contributed by atoms with Gasteiger partial charge in [-0.2, -0.15) is 0 Å². The van der Waals surface area contributed by atoms with Crippen molar-refractivity contribution >= 4 is 0 Å². The summed E-state index contributed by atoms with van der Waals surface area (Å²) in [6.45, 7) is 9.92. The highest BCUT2D eigenvalue weighted by Crippen LogP contribution is 1.95. The summed E-state index contributed by atoms with van der Waals surface area (Å²) in [5.74, 6) is 0. The van der Waals surface area contributed by atoms with Crippen molar-refractivity contribution in [1.29, 1.82) is 0 Å². The van der Waals surface area contributed by atoms with Crippen molar-refractivity contribution in [1.82, 2.24) is 0 Å². The third-order valence-electron chi connectivity index (χ3n) is 0.957. The fourth-order valence-corrected chi connectivity index (χ4v) is 0.500. The Bertz CT molecular complexity index is 30.0. The Hall–Kier alpha value is -0.0700. The van der Waals surface area contributed by atoms with Crippen LogP contribution < -0.4 is 0 Å². The molecule has 0 atom stereocenters. The van der Waals surface area contributed by atoms with Gasteiger partial charge in [0, 0.05) is 0 Å². The molecule has 0 saturated carbocycles. The van der Waals surface area contributed by atoms with Gasteiger partial charge >= 0.3 is 0 Å². The molecule has 78 valence electrons. The lowest BCUT2D eigenvalue weighted by atomic mass is 10.2. The maximum absolute atomic E-state index is 10.3. The fourth-order valence-electron chi connectivity index (χ4n) is 0.500. The summed E-state index contributed by atoms with van der Waals surface area (Å²) in [5, 5.41) is 0. The van der Waals surface area contributed by atoms with E-state index in [-0.39, 0.29) is 6.67 Å². The molecule has 0 aromatic rings. The maximum atomic E-state index is 10.3. The first-order valence-electron chi connectivity index (χ1n) is 5.30. The van der Waals surface area contributed by atoms with Crippen LogP contribution in [0.25, 0.3) is 0 Å². The van der Waals surface area contributed by atoms with Gasteiger partial charge in [0.15, 0.2) is 0 Å². The molecule has 0 amide bonds. The van der Waals surface area contributed by atoms with Crippen molar-refractivity contribution in [2.75, 3.05) is 6.67 Å². The first kappa shape index (κ1) is 17.9. The molecule has 1 heteroatoms. The van der Waals surface area contributed by atoms with E-state index in [1.165, 1.54) is 39.0 Å². The molecule has 0 bridgehead atoms. The van der Waals surface area contributed by atoms with Crippen molar-refractivity contribution in [3.8, 4) is 0 Å². The average Bonchev–Trinajstić information content (AvgIpc) is 2.04. The highest BCUT2D eigenvalue weighted by atomic mass is 19.1. The number of unbranched alkanes of at least 4 members (excludes halogenated alkanes) is 3. The Kier molecular flexibility index (Phi) is 45.6. The average molecular weight is 178 g/mol. The summed E-state index contributed by atoms with van der Waals surface area (Å²) in [6.07, 6.45) is 6.79. The van der Waals surface area contributed by atoms with Crippen molar-refractivity contribution in [2.24, 2.45) is 0 Å². The summed E-state index contributed by atoms with van der Waals surface area (Å²) in [7, 11) is 0. The fraction of sp³-hybridized carbons (Fsp3) is 1.00. The number of rotatable bonds is 3. The van der Waals surface area contributed by atoms with Crippen LogP contribution in [0.4, 0.5) is 4.39 Å². The van der Waals surface area contributed by atoms with Gasteiger partial charge < -0.3 is 0 Å². The Morgan fingerprint density at radius 2 is 0.917 bits per heavy atom. The van der Waals surface area contributed by atoms with Gasteiger partial charge in [0.25, 0.3) is 0 Å². The molecule has 0 radical (unpaired) electrons. The van der Waals surface area contributed by atoms with Crippen molar-refractivity contribution in [2.45, 2.75) is 66.7 Å². The quantitative estimate of drug-likeness (QED) is 0.535. The van der Waals surface area contributed by atoms with Crippen LogP contribution in [0.3, 0.4) is 0 Å². The van der Waals surface area contributed by atoms with Crippen LogP contribution in [0.15, 0.2) is 0 Å². The third-order valence-corrected chi connectivity index (χ3v) is 0.957. The number of halogens is 1. The molecule has 0 N–H and O–H groups in total. The van der Waals surface area contributed by atoms with Gasteiger partial charge in [0.05, 0.1) is 6.67 Å². The van der Waals surface area contributed by atoms with Crippen LogP contribution in [0.5, 0.6) is 0 Å². The summed E-state index contributed by atoms with van der Waals surface area (Å²) in [5.41, 5.74) is 0. The summed E-state index contributed by atoms with van der Waals surface area (Å²) in [6, 6.07) is 0. The minimum absolute atomic E-state index is 0.250. The van der Waals surface area contributed by atoms with E-state index >= 15 is 0 Å². The van der Waals surface area contributed by atoms with Gasteiger partial charge in [-0.15, -0.1) is 0 Å². The molecule has 0 aliphatic carbocycles. The van der Waals surface area contributed by atoms with Crippen LogP contribution in [0.2, 0.25) is 0 Å². The van der Waals surface area contributed by atoms with E-state index in [0.29, 0.717) is 0 Å². The van der Waals surface area contributed by atoms with Crippen LogP contribution >= 0.6 is 0 Å². The summed E-state index contributed by atoms with van der Waals surface area (Å²) < 4.78 is 10.3. The largest absolute Gasteiger partial charge is 0.251 e. The second-order valence-electron chi connectivity index (χ2n) is 2.68. The molecule has 0 saturated heterocycles. The van der Waals surface area contributed by atoms with Gasteiger partial charge in [-0.05, 0) is 6.92 Å². The third kappa shape index (κ3) is 92.2. The van der Waals surface area contributed by atoms with Crippen LogP contribution in [0.1, 0.15) is 66.7 Å². The second kappa shape index (κ2) is 30.6. The van der Waals surface area contributed by atoms with Gasteiger partial charge in [0.1, 0.15) is 0 Å². The number of hydrogen-bond acceptors (Lipinski definition) is 0. The zero-order valence-corrected chi connectivity index (χ0v) is 9.62. The molecule has 12 heavy (non-hydrogen) atoms. The van der Waals surface area contributed by atoms with E-state index in [1.807, 2.05) is 0 Å². The van der Waals surface area contributed by atoms with Gasteiger partial charge in [-0.25, -0.2) is 0 Å². The molecule has 0 spiro atoms. The Balaban J connectivity index is -0.000000115. The molecule has 0 aliphatic rings. The van der Waals surface area contributed by atoms with Crippen LogP contribution in [0, 0.1) is 0 Å². The van der Waals surface area contributed by atoms with Gasteiger partial charge in [-0.3, -0.25) is 4.39 Å². The summed E-state index contributed by atoms with van der Waals surface area (Å²) in [4.78, 5) is 0. The van der Waals surface area contributed by atoms with E-state index in [2.05, 4.69) is 27.7 Å². The number of alkyl halides is 1. The molecule has 0 aliphatic heterocycles. The molecule has 0 rings (SSSR count). The van der Waals surface area contributed by atoms with Crippen molar-refractivity contribution < 1.29 is 4.39 Å². The Morgan fingerprint density at radius 3 is 1.00 bits per heavy atom. The lowest BCUT2D eigenvalue weighted by molar-refractivity contribution is 0.527. The van der Waals surface area contributed by atoms with Crippen LogP contribution in [-0.4, -0.2) is 6.67 Å². The molecule has 0 heterocycles. The zero-order valence-electron chi connectivity index (χ0n) is 9.62. The smallest absolute Gasteiger partial charge is 0.0866 e.